The molecule has 0 spiro atoms. The Balaban J connectivity index is 1.13. The summed E-state index contributed by atoms with van der Waals surface area (Å²) in [6, 6.07) is 5.17. The van der Waals surface area contributed by atoms with Gasteiger partial charge in [-0.1, -0.05) is 38.1 Å². The average molecular weight is 772 g/mol. The van der Waals surface area contributed by atoms with Gasteiger partial charge < -0.3 is 44.2 Å². The van der Waals surface area contributed by atoms with Crippen molar-refractivity contribution in [2.75, 3.05) is 26.6 Å². The van der Waals surface area contributed by atoms with Gasteiger partial charge in [0.2, 0.25) is 17.9 Å². The third-order valence-corrected chi connectivity index (χ3v) is 10.4. The average Bonchev–Trinajstić information content (AvgIpc) is 3.81. The van der Waals surface area contributed by atoms with Crippen LogP contribution in [0.2, 0.25) is 0 Å². The first-order valence-electron chi connectivity index (χ1n) is 18.4. The van der Waals surface area contributed by atoms with Crippen molar-refractivity contribution in [1.29, 1.82) is 0 Å². The summed E-state index contributed by atoms with van der Waals surface area (Å²) < 4.78 is 33.3. The summed E-state index contributed by atoms with van der Waals surface area (Å²) in [7, 11) is 0. The Morgan fingerprint density at radius 1 is 1.07 bits per heavy atom. The molecule has 1 aliphatic carbocycles. The first-order valence-corrected chi connectivity index (χ1v) is 18.4. The van der Waals surface area contributed by atoms with E-state index in [1.807, 2.05) is 0 Å². The van der Waals surface area contributed by atoms with Crippen LogP contribution in [-0.4, -0.2) is 121 Å². The standard InChI is InChI=1S/C38H49N3O14/c1-36(2,3)54-27(45)13-11-23(18-42)40-25(43)14-15-39-35(48)38-16-24-28-29(51-20-50-28)31(38)55-41(30(38)33(46)52-24)17-22-9-7-6-8-21(22)10-12-26(44)53-32-34(47)49-19-37(32,4)5/h6-10,12,23-24,28-32,42H,11,13-20H2,1-5H3,(H,39,48)(H,40,43). The number of nitrogens with zero attached hydrogens (tertiary/aromatic N) is 1. The first-order chi connectivity index (χ1) is 26.0. The van der Waals surface area contributed by atoms with Crippen molar-refractivity contribution in [3.8, 4) is 0 Å². The SMILES string of the molecule is CC(C)(C)OC(=O)CCC(CO)NC(=O)CCNC(=O)C12CC3OC(=O)C1N(Cc1ccccc1C=CC(=O)OC1C(=O)OCC1(C)C)OC2C1OCOC31. The van der Waals surface area contributed by atoms with E-state index in [4.69, 9.17) is 33.3 Å². The highest BCUT2D eigenvalue weighted by Gasteiger charge is 2.74. The number of rotatable bonds is 14. The summed E-state index contributed by atoms with van der Waals surface area (Å²) in [6.07, 6.45) is -1.33. The molecule has 0 aromatic heterocycles. The maximum Gasteiger partial charge on any atom is 0.348 e. The van der Waals surface area contributed by atoms with Crippen molar-refractivity contribution in [3.63, 3.8) is 0 Å². The van der Waals surface area contributed by atoms with E-state index in [1.54, 1.807) is 58.9 Å². The van der Waals surface area contributed by atoms with E-state index in [1.165, 1.54) is 17.2 Å². The lowest BCUT2D eigenvalue weighted by Crippen LogP contribution is -2.69. The number of benzene rings is 1. The molecule has 2 bridgehead atoms. The summed E-state index contributed by atoms with van der Waals surface area (Å²) >= 11 is 0. The Morgan fingerprint density at radius 3 is 2.53 bits per heavy atom. The number of fused-ring (bicyclic) bond motifs is 4. The zero-order valence-electron chi connectivity index (χ0n) is 31.6. The van der Waals surface area contributed by atoms with Crippen molar-refractivity contribution < 1.29 is 67.1 Å². The number of aliphatic hydroxyl groups is 1. The number of hydroxylamine groups is 2. The molecule has 2 amide bonds. The molecule has 8 atom stereocenters. The molecule has 1 aromatic carbocycles. The monoisotopic (exact) mass is 771 g/mol. The number of amides is 2. The van der Waals surface area contributed by atoms with Gasteiger partial charge in [0.25, 0.3) is 0 Å². The minimum absolute atomic E-state index is 0.000000348. The van der Waals surface area contributed by atoms with Crippen molar-refractivity contribution in [1.82, 2.24) is 15.7 Å². The van der Waals surface area contributed by atoms with E-state index in [2.05, 4.69) is 10.6 Å². The lowest BCUT2D eigenvalue weighted by Gasteiger charge is -2.48. The fraction of sp³-hybridized carbons (Fsp3) is 0.632. The van der Waals surface area contributed by atoms with Crippen LogP contribution in [0.4, 0.5) is 0 Å². The molecular formula is C38H49N3O14. The molecule has 0 radical (unpaired) electrons. The lowest BCUT2D eigenvalue weighted by atomic mass is 9.62. The van der Waals surface area contributed by atoms with E-state index in [-0.39, 0.29) is 52.2 Å². The van der Waals surface area contributed by atoms with E-state index in [0.29, 0.717) is 11.1 Å². The Labute approximate surface area is 318 Å². The van der Waals surface area contributed by atoms with Crippen molar-refractivity contribution in [2.45, 2.75) is 115 Å². The fourth-order valence-corrected chi connectivity index (χ4v) is 7.74. The third-order valence-electron chi connectivity index (χ3n) is 10.4. The predicted octanol–water partition coefficient (Wildman–Crippen LogP) is 0.841. The summed E-state index contributed by atoms with van der Waals surface area (Å²) in [5.41, 5.74) is -1.58. The number of nitrogens with one attached hydrogen (secondary N) is 2. The molecule has 5 fully saturated rings. The molecule has 17 nitrogen and oxygen atoms in total. The maximum atomic E-state index is 14.3. The third kappa shape index (κ3) is 8.55. The van der Waals surface area contributed by atoms with Crippen molar-refractivity contribution in [2.24, 2.45) is 10.8 Å². The van der Waals surface area contributed by atoms with Crippen LogP contribution < -0.4 is 10.6 Å². The van der Waals surface area contributed by atoms with Gasteiger partial charge in [-0.15, -0.1) is 0 Å². The number of aliphatic hydroxyl groups excluding tert-OH is 1. The second kappa shape index (κ2) is 16.0. The molecule has 5 aliphatic rings. The zero-order chi connectivity index (χ0) is 39.7. The minimum Gasteiger partial charge on any atom is -0.462 e. The lowest BCUT2D eigenvalue weighted by molar-refractivity contribution is -0.201. The summed E-state index contributed by atoms with van der Waals surface area (Å²) in [5.74, 6) is -3.46. The summed E-state index contributed by atoms with van der Waals surface area (Å²) in [6.45, 7) is 8.33. The van der Waals surface area contributed by atoms with Gasteiger partial charge in [-0.25, -0.2) is 9.59 Å². The molecule has 300 valence electrons. The Bertz CT molecular complexity index is 1710. The normalized spacial score (nSPS) is 29.9. The second-order valence-electron chi connectivity index (χ2n) is 16.1. The van der Waals surface area contributed by atoms with E-state index in [9.17, 15) is 33.9 Å². The molecule has 8 unspecified atom stereocenters. The van der Waals surface area contributed by atoms with Crippen LogP contribution in [0.3, 0.4) is 0 Å². The molecule has 3 N–H and O–H groups in total. The van der Waals surface area contributed by atoms with Crippen LogP contribution in [0, 0.1) is 10.8 Å². The minimum atomic E-state index is -1.47. The number of carbonyl (C=O) groups excluding carboxylic acids is 6. The van der Waals surface area contributed by atoms with Gasteiger partial charge in [-0.2, -0.15) is 5.06 Å². The highest BCUT2D eigenvalue weighted by Crippen LogP contribution is 2.55. The van der Waals surface area contributed by atoms with Gasteiger partial charge in [0.05, 0.1) is 19.2 Å². The molecule has 4 heterocycles. The molecule has 4 aliphatic heterocycles. The van der Waals surface area contributed by atoms with Crippen molar-refractivity contribution in [3.05, 3.63) is 41.5 Å². The van der Waals surface area contributed by atoms with Crippen LogP contribution >= 0.6 is 0 Å². The molecule has 4 saturated heterocycles. The van der Waals surface area contributed by atoms with Gasteiger partial charge in [0, 0.05) is 37.3 Å². The van der Waals surface area contributed by atoms with Crippen LogP contribution in [0.15, 0.2) is 30.3 Å². The summed E-state index contributed by atoms with van der Waals surface area (Å²) in [4.78, 5) is 84.3. The predicted molar refractivity (Wildman–Crippen MR) is 188 cm³/mol. The van der Waals surface area contributed by atoms with Crippen LogP contribution in [0.25, 0.3) is 6.08 Å². The van der Waals surface area contributed by atoms with Gasteiger partial charge in [0.1, 0.15) is 48.8 Å². The van der Waals surface area contributed by atoms with Crippen LogP contribution in [0.1, 0.15) is 71.4 Å². The van der Waals surface area contributed by atoms with Gasteiger partial charge in [-0.05, 0) is 44.4 Å². The van der Waals surface area contributed by atoms with Crippen LogP contribution in [0.5, 0.6) is 0 Å². The number of hydrogen-bond acceptors (Lipinski definition) is 15. The number of esters is 4. The Hall–Kier alpha value is -4.42. The molecule has 6 rings (SSSR count). The number of carbonyl (C=O) groups is 6. The molecular weight excluding hydrogens is 722 g/mol. The van der Waals surface area contributed by atoms with Gasteiger partial charge in [-0.3, -0.25) is 24.0 Å². The summed E-state index contributed by atoms with van der Waals surface area (Å²) in [5, 5.41) is 16.7. The van der Waals surface area contributed by atoms with E-state index in [0.717, 1.165) is 0 Å². The number of ether oxygens (including phenoxy) is 6. The largest absolute Gasteiger partial charge is 0.462 e. The van der Waals surface area contributed by atoms with E-state index >= 15 is 0 Å². The van der Waals surface area contributed by atoms with Crippen molar-refractivity contribution >= 4 is 41.8 Å². The quantitative estimate of drug-likeness (QED) is 0.136. The number of cyclic esters (lactones) is 1. The Kier molecular flexibility index (Phi) is 11.7. The zero-order valence-corrected chi connectivity index (χ0v) is 31.6. The van der Waals surface area contributed by atoms with Crippen LogP contribution in [-0.2, 0) is 68.6 Å². The fourth-order valence-electron chi connectivity index (χ4n) is 7.74. The number of hydrogen-bond donors (Lipinski definition) is 3. The molecule has 1 aromatic rings. The van der Waals surface area contributed by atoms with E-state index < -0.39 is 101 Å². The molecule has 55 heavy (non-hydrogen) atoms. The molecule has 17 heteroatoms. The topological polar surface area (TPSA) is 215 Å². The van der Waals surface area contributed by atoms with Gasteiger partial charge >= 0.3 is 23.9 Å². The maximum absolute atomic E-state index is 14.3. The smallest absolute Gasteiger partial charge is 0.348 e. The molecule has 1 saturated carbocycles. The first kappa shape index (κ1) is 40.2. The van der Waals surface area contributed by atoms with Gasteiger partial charge in [0.15, 0.2) is 6.04 Å². The highest BCUT2D eigenvalue weighted by atomic mass is 16.8. The second-order valence-corrected chi connectivity index (χ2v) is 16.1. The highest BCUT2D eigenvalue weighted by molar-refractivity contribution is 5.94. The Morgan fingerprint density at radius 2 is 1.82 bits per heavy atom.